The zero-order chi connectivity index (χ0) is 16.2. The van der Waals surface area contributed by atoms with Crippen molar-refractivity contribution in [1.29, 1.82) is 0 Å². The summed E-state index contributed by atoms with van der Waals surface area (Å²) in [6, 6.07) is 8.04. The third-order valence-electron chi connectivity index (χ3n) is 4.18. The lowest BCUT2D eigenvalue weighted by Crippen LogP contribution is -2.34. The van der Waals surface area contributed by atoms with Crippen LogP contribution in [0.3, 0.4) is 0 Å². The lowest BCUT2D eigenvalue weighted by Gasteiger charge is -2.11. The first kappa shape index (κ1) is 16.1. The van der Waals surface area contributed by atoms with Gasteiger partial charge in [-0.15, -0.1) is 0 Å². The number of amides is 2. The van der Waals surface area contributed by atoms with Gasteiger partial charge in [0.05, 0.1) is 13.1 Å². The van der Waals surface area contributed by atoms with Crippen LogP contribution in [0.4, 0.5) is 4.79 Å². The first-order valence-corrected chi connectivity index (χ1v) is 8.48. The van der Waals surface area contributed by atoms with Crippen LogP contribution in [-0.2, 0) is 16.0 Å². The summed E-state index contributed by atoms with van der Waals surface area (Å²) in [6.45, 7) is 0.983. The maximum Gasteiger partial charge on any atom is 0.410 e. The number of nitrogens with one attached hydrogen (secondary N) is 1. The predicted molar refractivity (Wildman–Crippen MR) is 87.4 cm³/mol. The van der Waals surface area contributed by atoms with E-state index in [0.29, 0.717) is 25.6 Å². The smallest absolute Gasteiger partial charge is 0.410 e. The van der Waals surface area contributed by atoms with Crippen LogP contribution in [0.15, 0.2) is 24.3 Å². The van der Waals surface area contributed by atoms with Gasteiger partial charge in [0.15, 0.2) is 0 Å². The molecule has 1 N–H and O–H groups in total. The Balaban J connectivity index is 1.33. The molecule has 23 heavy (non-hydrogen) atoms. The first-order valence-electron chi connectivity index (χ1n) is 8.10. The zero-order valence-electron chi connectivity index (χ0n) is 13.0. The van der Waals surface area contributed by atoms with Crippen LogP contribution < -0.4 is 5.32 Å². The fourth-order valence-electron chi connectivity index (χ4n) is 2.79. The summed E-state index contributed by atoms with van der Waals surface area (Å²) in [7, 11) is 0. The number of carbonyl (C=O) groups is 2. The molecule has 0 spiro atoms. The summed E-state index contributed by atoms with van der Waals surface area (Å²) < 4.78 is 5.27. The number of aryl methyl sites for hydroxylation is 1. The molecule has 1 saturated heterocycles. The molecule has 1 unspecified atom stereocenters. The highest BCUT2D eigenvalue weighted by Crippen LogP contribution is 2.30. The molecule has 1 heterocycles. The van der Waals surface area contributed by atoms with E-state index in [1.165, 1.54) is 0 Å². The topological polar surface area (TPSA) is 58.6 Å². The Morgan fingerprint density at radius 3 is 2.96 bits per heavy atom. The number of rotatable bonds is 7. The molecule has 0 aromatic heterocycles. The summed E-state index contributed by atoms with van der Waals surface area (Å²) in [5, 5.41) is 3.57. The number of hydrogen-bond donors (Lipinski definition) is 1. The van der Waals surface area contributed by atoms with Crippen molar-refractivity contribution in [2.75, 3.05) is 13.1 Å². The third kappa shape index (κ3) is 4.61. The fraction of sp³-hybridized carbons (Fsp3) is 0.529. The molecule has 2 aliphatic rings. The Bertz CT molecular complexity index is 589. The Morgan fingerprint density at radius 1 is 1.39 bits per heavy atom. The van der Waals surface area contributed by atoms with Gasteiger partial charge in [-0.05, 0) is 43.4 Å². The predicted octanol–water partition coefficient (Wildman–Crippen LogP) is 2.76. The molecule has 0 bridgehead atoms. The van der Waals surface area contributed by atoms with E-state index in [0.717, 1.165) is 36.3 Å². The van der Waals surface area contributed by atoms with Crippen LogP contribution in [0.1, 0.15) is 31.2 Å². The molecule has 0 radical (unpaired) electrons. The SMILES string of the molecule is O=C(CCCc1cccc(Cl)c1)NCC1CN(C2CC2)C(=O)O1. The number of ether oxygens (including phenoxy) is 1. The van der Waals surface area contributed by atoms with Crippen molar-refractivity contribution in [3.05, 3.63) is 34.9 Å². The molecule has 5 nitrogen and oxygen atoms in total. The van der Waals surface area contributed by atoms with Crippen molar-refractivity contribution in [3.63, 3.8) is 0 Å². The van der Waals surface area contributed by atoms with Gasteiger partial charge in [0.25, 0.3) is 0 Å². The number of carbonyl (C=O) groups excluding carboxylic acids is 2. The Labute approximate surface area is 140 Å². The molecule has 3 rings (SSSR count). The standard InChI is InChI=1S/C17H21ClN2O3/c18-13-5-1-3-12(9-13)4-2-6-16(21)19-10-15-11-20(14-7-8-14)17(22)23-15/h1,3,5,9,14-15H,2,4,6-8,10-11H2,(H,19,21). The van der Waals surface area contributed by atoms with Crippen LogP contribution in [-0.4, -0.2) is 42.1 Å². The van der Waals surface area contributed by atoms with Crippen molar-refractivity contribution >= 4 is 23.6 Å². The molecular formula is C17H21ClN2O3. The van der Waals surface area contributed by atoms with E-state index in [1.54, 1.807) is 4.90 Å². The number of nitrogens with zero attached hydrogens (tertiary/aromatic N) is 1. The highest BCUT2D eigenvalue weighted by molar-refractivity contribution is 6.30. The van der Waals surface area contributed by atoms with E-state index in [4.69, 9.17) is 16.3 Å². The van der Waals surface area contributed by atoms with Gasteiger partial charge in [-0.1, -0.05) is 23.7 Å². The molecule has 6 heteroatoms. The molecule has 1 aromatic rings. The quantitative estimate of drug-likeness (QED) is 0.833. The Morgan fingerprint density at radius 2 is 2.22 bits per heavy atom. The van der Waals surface area contributed by atoms with E-state index in [1.807, 2.05) is 24.3 Å². The monoisotopic (exact) mass is 336 g/mol. The lowest BCUT2D eigenvalue weighted by atomic mass is 10.1. The Kier molecular flexibility index (Phi) is 5.06. The number of cyclic esters (lactones) is 1. The molecule has 2 amide bonds. The van der Waals surface area contributed by atoms with Gasteiger partial charge >= 0.3 is 6.09 Å². The summed E-state index contributed by atoms with van der Waals surface area (Å²) in [6.07, 6.45) is 3.72. The van der Waals surface area contributed by atoms with Crippen molar-refractivity contribution in [1.82, 2.24) is 10.2 Å². The van der Waals surface area contributed by atoms with E-state index < -0.39 is 0 Å². The van der Waals surface area contributed by atoms with E-state index in [9.17, 15) is 9.59 Å². The van der Waals surface area contributed by atoms with E-state index >= 15 is 0 Å². The highest BCUT2D eigenvalue weighted by Gasteiger charge is 2.40. The third-order valence-corrected chi connectivity index (χ3v) is 4.41. The molecule has 124 valence electrons. The molecule has 1 atom stereocenters. The van der Waals surface area contributed by atoms with Crippen LogP contribution in [0, 0.1) is 0 Å². The van der Waals surface area contributed by atoms with E-state index in [2.05, 4.69) is 5.32 Å². The Hall–Kier alpha value is -1.75. The number of hydrogen-bond acceptors (Lipinski definition) is 3. The maximum atomic E-state index is 11.9. The summed E-state index contributed by atoms with van der Waals surface area (Å²) in [4.78, 5) is 25.3. The van der Waals surface area contributed by atoms with Gasteiger partial charge in [-0.2, -0.15) is 0 Å². The maximum absolute atomic E-state index is 11.9. The average molecular weight is 337 g/mol. The van der Waals surface area contributed by atoms with Crippen LogP contribution in [0.5, 0.6) is 0 Å². The van der Waals surface area contributed by atoms with Crippen molar-refractivity contribution in [2.45, 2.75) is 44.2 Å². The van der Waals surface area contributed by atoms with Gasteiger partial charge in [-0.3, -0.25) is 4.79 Å². The van der Waals surface area contributed by atoms with Gasteiger partial charge in [-0.25, -0.2) is 4.79 Å². The van der Waals surface area contributed by atoms with Gasteiger partial charge in [0.1, 0.15) is 6.10 Å². The van der Waals surface area contributed by atoms with Crippen LogP contribution in [0.2, 0.25) is 5.02 Å². The second-order valence-electron chi connectivity index (χ2n) is 6.18. The van der Waals surface area contributed by atoms with Gasteiger partial charge < -0.3 is 15.0 Å². The molecule has 1 aliphatic heterocycles. The zero-order valence-corrected chi connectivity index (χ0v) is 13.7. The fourth-order valence-corrected chi connectivity index (χ4v) is 3.01. The van der Waals surface area contributed by atoms with Crippen molar-refractivity contribution in [3.8, 4) is 0 Å². The minimum absolute atomic E-state index is 0.00653. The molecule has 2 fully saturated rings. The van der Waals surface area contributed by atoms with Crippen molar-refractivity contribution in [2.24, 2.45) is 0 Å². The van der Waals surface area contributed by atoms with Crippen LogP contribution in [0.25, 0.3) is 0 Å². The van der Waals surface area contributed by atoms with Gasteiger partial charge in [0.2, 0.25) is 5.91 Å². The normalized spacial score (nSPS) is 20.5. The summed E-state index contributed by atoms with van der Waals surface area (Å²) in [5.74, 6) is -0.00653. The number of halogens is 1. The lowest BCUT2D eigenvalue weighted by molar-refractivity contribution is -0.121. The largest absolute Gasteiger partial charge is 0.442 e. The van der Waals surface area contributed by atoms with Crippen LogP contribution >= 0.6 is 11.6 Å². The molecule has 1 saturated carbocycles. The second-order valence-corrected chi connectivity index (χ2v) is 6.61. The molecular weight excluding hydrogens is 316 g/mol. The minimum Gasteiger partial charge on any atom is -0.442 e. The summed E-state index contributed by atoms with van der Waals surface area (Å²) >= 11 is 5.93. The average Bonchev–Trinajstić information content (AvgIpc) is 3.29. The highest BCUT2D eigenvalue weighted by atomic mass is 35.5. The van der Waals surface area contributed by atoms with Crippen molar-refractivity contribution < 1.29 is 14.3 Å². The number of benzene rings is 1. The molecule has 1 aliphatic carbocycles. The van der Waals surface area contributed by atoms with E-state index in [-0.39, 0.29) is 18.1 Å². The second kappa shape index (κ2) is 7.21. The summed E-state index contributed by atoms with van der Waals surface area (Å²) in [5.41, 5.74) is 1.13. The van der Waals surface area contributed by atoms with Gasteiger partial charge in [0, 0.05) is 17.5 Å². The molecule has 1 aromatic carbocycles. The first-order chi connectivity index (χ1) is 11.1. The minimum atomic E-state index is -0.243.